The van der Waals surface area contributed by atoms with Crippen molar-refractivity contribution >= 4 is 29.1 Å². The normalized spacial score (nSPS) is 19.5. The maximum absolute atomic E-state index is 13.5. The zero-order chi connectivity index (χ0) is 24.4. The minimum Gasteiger partial charge on any atom is -0.495 e. The van der Waals surface area contributed by atoms with Gasteiger partial charge in [-0.05, 0) is 43.2 Å². The van der Waals surface area contributed by atoms with Crippen LogP contribution in [-0.4, -0.2) is 40.6 Å². The molecule has 1 saturated carbocycles. The number of nitrogens with zero attached hydrogens (tertiary/aromatic N) is 4. The average Bonchev–Trinajstić information content (AvgIpc) is 3.53. The summed E-state index contributed by atoms with van der Waals surface area (Å²) in [6.45, 7) is 0.240. The van der Waals surface area contributed by atoms with E-state index in [1.165, 1.54) is 7.11 Å². The van der Waals surface area contributed by atoms with Crippen LogP contribution in [0.4, 0.5) is 5.69 Å². The van der Waals surface area contributed by atoms with E-state index in [4.69, 9.17) is 20.9 Å². The molecule has 2 fully saturated rings. The number of benzene rings is 1. The van der Waals surface area contributed by atoms with Crippen LogP contribution in [0.5, 0.6) is 5.75 Å². The van der Waals surface area contributed by atoms with Gasteiger partial charge in [0.2, 0.25) is 17.6 Å². The van der Waals surface area contributed by atoms with Crippen LogP contribution in [0.1, 0.15) is 44.4 Å². The predicted octanol–water partition coefficient (Wildman–Crippen LogP) is 4.12. The number of carbonyl (C=O) groups is 2. The van der Waals surface area contributed by atoms with E-state index in [1.807, 2.05) is 12.1 Å². The minimum absolute atomic E-state index is 0.101. The van der Waals surface area contributed by atoms with Crippen molar-refractivity contribution in [3.8, 4) is 17.1 Å². The van der Waals surface area contributed by atoms with Crippen molar-refractivity contribution in [1.82, 2.24) is 20.4 Å². The fraction of sp³-hybridized carbons (Fsp3) is 0.400. The molecule has 2 amide bonds. The van der Waals surface area contributed by atoms with Gasteiger partial charge in [0.15, 0.2) is 0 Å². The van der Waals surface area contributed by atoms with Crippen LogP contribution >= 0.6 is 11.6 Å². The minimum atomic E-state index is -0.752. The third kappa shape index (κ3) is 4.60. The number of aromatic nitrogens is 3. The third-order valence-electron chi connectivity index (χ3n) is 6.77. The van der Waals surface area contributed by atoms with E-state index < -0.39 is 11.5 Å². The molecule has 3 heterocycles. The first-order valence-electron chi connectivity index (χ1n) is 11.7. The van der Waals surface area contributed by atoms with Gasteiger partial charge in [0.05, 0.1) is 18.7 Å². The van der Waals surface area contributed by atoms with Crippen LogP contribution in [0.15, 0.2) is 47.2 Å². The monoisotopic (exact) mass is 495 g/mol. The molecular formula is C25H26ClN5O4. The Morgan fingerprint density at radius 3 is 2.71 bits per heavy atom. The standard InChI is InChI=1S/C25H26ClN5O4/c1-34-20-6-5-18(26)14-19(20)31-15-17(13-21(31)32)23(33)29-25(9-3-2-4-10-25)24-28-22(30-35-24)16-7-11-27-12-8-16/h5-8,11-12,14,17H,2-4,9-10,13,15H2,1H3,(H,29,33). The topological polar surface area (TPSA) is 110 Å². The van der Waals surface area contributed by atoms with Gasteiger partial charge >= 0.3 is 0 Å². The first-order chi connectivity index (χ1) is 17.0. The Morgan fingerprint density at radius 1 is 1.20 bits per heavy atom. The van der Waals surface area contributed by atoms with Gasteiger partial charge in [-0.25, -0.2) is 0 Å². The molecule has 0 bridgehead atoms. The summed E-state index contributed by atoms with van der Waals surface area (Å²) in [5.41, 5.74) is 0.601. The fourth-order valence-electron chi connectivity index (χ4n) is 4.91. The second kappa shape index (κ2) is 9.65. The SMILES string of the molecule is COc1ccc(Cl)cc1N1CC(C(=O)NC2(c3nc(-c4ccncc4)no3)CCCCC2)CC1=O. The number of anilines is 1. The molecule has 1 atom stereocenters. The predicted molar refractivity (Wildman–Crippen MR) is 129 cm³/mol. The van der Waals surface area contributed by atoms with Crippen molar-refractivity contribution in [3.05, 3.63) is 53.6 Å². The number of ether oxygens (including phenoxy) is 1. The van der Waals surface area contributed by atoms with E-state index >= 15 is 0 Å². The Kier molecular flexibility index (Phi) is 6.42. The molecule has 1 N–H and O–H groups in total. The molecule has 10 heteroatoms. The first kappa shape index (κ1) is 23.3. The number of nitrogens with one attached hydrogen (secondary N) is 1. The second-order valence-corrected chi connectivity index (χ2v) is 9.45. The number of hydrogen-bond acceptors (Lipinski definition) is 7. The van der Waals surface area contributed by atoms with E-state index in [9.17, 15) is 9.59 Å². The number of methoxy groups -OCH3 is 1. The molecule has 35 heavy (non-hydrogen) atoms. The molecule has 1 saturated heterocycles. The number of halogens is 1. The quantitative estimate of drug-likeness (QED) is 0.547. The van der Waals surface area contributed by atoms with E-state index in [0.717, 1.165) is 24.8 Å². The molecule has 1 aliphatic heterocycles. The molecule has 0 spiro atoms. The van der Waals surface area contributed by atoms with Gasteiger partial charge in [0.25, 0.3) is 5.89 Å². The Bertz CT molecular complexity index is 1230. The molecule has 2 aliphatic rings. The summed E-state index contributed by atoms with van der Waals surface area (Å²) in [5.74, 6) is 0.509. The summed E-state index contributed by atoms with van der Waals surface area (Å²) in [7, 11) is 1.54. The van der Waals surface area contributed by atoms with Crippen LogP contribution in [0.3, 0.4) is 0 Å². The molecule has 3 aromatic rings. The molecule has 1 aliphatic carbocycles. The van der Waals surface area contributed by atoms with E-state index in [2.05, 4.69) is 20.4 Å². The molecule has 2 aromatic heterocycles. The number of rotatable bonds is 6. The summed E-state index contributed by atoms with van der Waals surface area (Å²) in [4.78, 5) is 36.6. The third-order valence-corrected chi connectivity index (χ3v) is 7.01. The maximum Gasteiger partial charge on any atom is 0.252 e. The van der Waals surface area contributed by atoms with E-state index in [1.54, 1.807) is 35.5 Å². The number of amides is 2. The van der Waals surface area contributed by atoms with Crippen molar-refractivity contribution in [3.63, 3.8) is 0 Å². The van der Waals surface area contributed by atoms with Gasteiger partial charge in [-0.2, -0.15) is 4.98 Å². The van der Waals surface area contributed by atoms with Crippen molar-refractivity contribution < 1.29 is 18.8 Å². The molecular weight excluding hydrogens is 470 g/mol. The Hall–Kier alpha value is -3.46. The van der Waals surface area contributed by atoms with Gasteiger partial charge in [-0.15, -0.1) is 0 Å². The van der Waals surface area contributed by atoms with Gasteiger partial charge in [0.1, 0.15) is 11.3 Å². The Labute approximate surface area is 207 Å². The van der Waals surface area contributed by atoms with Gasteiger partial charge in [-0.3, -0.25) is 14.6 Å². The van der Waals surface area contributed by atoms with Crippen LogP contribution in [-0.2, 0) is 15.1 Å². The van der Waals surface area contributed by atoms with Crippen molar-refractivity contribution in [1.29, 1.82) is 0 Å². The molecule has 5 rings (SSSR count). The highest BCUT2D eigenvalue weighted by Crippen LogP contribution is 2.39. The van der Waals surface area contributed by atoms with E-state index in [0.29, 0.717) is 41.0 Å². The van der Waals surface area contributed by atoms with Crippen LogP contribution in [0.25, 0.3) is 11.4 Å². The lowest BCUT2D eigenvalue weighted by Crippen LogP contribution is -2.50. The summed E-state index contributed by atoms with van der Waals surface area (Å²) >= 11 is 6.16. The highest BCUT2D eigenvalue weighted by molar-refractivity contribution is 6.31. The Balaban J connectivity index is 1.37. The zero-order valence-corrected chi connectivity index (χ0v) is 20.1. The lowest BCUT2D eigenvalue weighted by molar-refractivity contribution is -0.129. The van der Waals surface area contributed by atoms with Crippen LogP contribution in [0.2, 0.25) is 5.02 Å². The molecule has 182 valence electrons. The molecule has 1 unspecified atom stereocenters. The average molecular weight is 496 g/mol. The largest absolute Gasteiger partial charge is 0.495 e. The number of hydrogen-bond donors (Lipinski definition) is 1. The summed E-state index contributed by atoms with van der Waals surface area (Å²) < 4.78 is 11.1. The summed E-state index contributed by atoms with van der Waals surface area (Å²) in [6, 6.07) is 8.71. The van der Waals surface area contributed by atoms with E-state index in [-0.39, 0.29) is 24.8 Å². The lowest BCUT2D eigenvalue weighted by Gasteiger charge is -2.35. The molecule has 1 aromatic carbocycles. The van der Waals surface area contributed by atoms with Crippen LogP contribution < -0.4 is 15.0 Å². The van der Waals surface area contributed by atoms with Gasteiger partial charge in [0, 0.05) is 35.9 Å². The van der Waals surface area contributed by atoms with Gasteiger partial charge < -0.3 is 19.5 Å². The highest BCUT2D eigenvalue weighted by Gasteiger charge is 2.44. The second-order valence-electron chi connectivity index (χ2n) is 9.01. The molecule has 9 nitrogen and oxygen atoms in total. The fourth-order valence-corrected chi connectivity index (χ4v) is 5.08. The molecule has 0 radical (unpaired) electrons. The van der Waals surface area contributed by atoms with Crippen molar-refractivity contribution in [2.45, 2.75) is 44.1 Å². The zero-order valence-electron chi connectivity index (χ0n) is 19.4. The smallest absolute Gasteiger partial charge is 0.252 e. The maximum atomic E-state index is 13.5. The first-order valence-corrected chi connectivity index (χ1v) is 12.1. The lowest BCUT2D eigenvalue weighted by atomic mass is 9.81. The van der Waals surface area contributed by atoms with Crippen molar-refractivity contribution in [2.24, 2.45) is 5.92 Å². The Morgan fingerprint density at radius 2 is 1.97 bits per heavy atom. The van der Waals surface area contributed by atoms with Crippen LogP contribution in [0, 0.1) is 5.92 Å². The number of pyridine rings is 1. The number of carbonyl (C=O) groups excluding carboxylic acids is 2. The highest BCUT2D eigenvalue weighted by atomic mass is 35.5. The van der Waals surface area contributed by atoms with Crippen molar-refractivity contribution in [2.75, 3.05) is 18.6 Å². The van der Waals surface area contributed by atoms with Gasteiger partial charge in [-0.1, -0.05) is 36.0 Å². The summed E-state index contributed by atoms with van der Waals surface area (Å²) in [6.07, 6.45) is 7.78. The summed E-state index contributed by atoms with van der Waals surface area (Å²) in [5, 5.41) is 7.84.